The number of amides is 1. The normalized spacial score (nSPS) is 18.7. The first-order valence-corrected chi connectivity index (χ1v) is 5.62. The number of carbonyl (C=O) groups is 2. The molecular weight excluding hydrogens is 206 g/mol. The number of hydrogen-bond acceptors (Lipinski definition) is 2. The van der Waals surface area contributed by atoms with Gasteiger partial charge in [0.15, 0.2) is 0 Å². The molecule has 1 fully saturated rings. The smallest absolute Gasteiger partial charge is 0.331 e. The molecule has 0 aromatic heterocycles. The van der Waals surface area contributed by atoms with Gasteiger partial charge in [0.2, 0.25) is 5.91 Å². The minimum absolute atomic E-state index is 0.108. The van der Waals surface area contributed by atoms with Crippen molar-refractivity contribution >= 4 is 11.9 Å². The molecule has 1 saturated carbocycles. The summed E-state index contributed by atoms with van der Waals surface area (Å²) in [6.45, 7) is 5.73. The highest BCUT2D eigenvalue weighted by atomic mass is 16.4. The summed E-state index contributed by atoms with van der Waals surface area (Å²) in [6, 6.07) is 0. The second kappa shape index (κ2) is 5.14. The van der Waals surface area contributed by atoms with Gasteiger partial charge in [0.05, 0.1) is 0 Å². The maximum Gasteiger partial charge on any atom is 0.331 e. The van der Waals surface area contributed by atoms with Gasteiger partial charge in [-0.2, -0.15) is 0 Å². The van der Waals surface area contributed by atoms with Crippen LogP contribution in [0.25, 0.3) is 0 Å². The molecule has 0 aliphatic heterocycles. The molecule has 0 radical (unpaired) electrons. The lowest BCUT2D eigenvalue weighted by Crippen LogP contribution is -2.30. The summed E-state index contributed by atoms with van der Waals surface area (Å²) in [4.78, 5) is 22.3. The molecule has 1 aliphatic rings. The van der Waals surface area contributed by atoms with Crippen molar-refractivity contribution in [2.24, 2.45) is 11.8 Å². The van der Waals surface area contributed by atoms with E-state index in [2.05, 4.69) is 12.2 Å². The molecule has 1 aliphatic carbocycles. The summed E-state index contributed by atoms with van der Waals surface area (Å²) in [5.74, 6) is -0.0812. The molecule has 4 nitrogen and oxygen atoms in total. The fraction of sp³-hybridized carbons (Fsp3) is 0.667. The van der Waals surface area contributed by atoms with E-state index >= 15 is 0 Å². The van der Waals surface area contributed by atoms with E-state index in [-0.39, 0.29) is 17.1 Å². The molecule has 0 aromatic carbocycles. The summed E-state index contributed by atoms with van der Waals surface area (Å²) in [5.41, 5.74) is 0.395. The molecule has 90 valence electrons. The zero-order valence-corrected chi connectivity index (χ0v) is 10.0. The van der Waals surface area contributed by atoms with E-state index in [0.29, 0.717) is 12.5 Å². The van der Waals surface area contributed by atoms with Gasteiger partial charge in [0, 0.05) is 17.7 Å². The second-order valence-corrected chi connectivity index (χ2v) is 4.58. The lowest BCUT2D eigenvalue weighted by atomic mass is 10.1. The van der Waals surface area contributed by atoms with Crippen LogP contribution in [0.3, 0.4) is 0 Å². The van der Waals surface area contributed by atoms with Crippen molar-refractivity contribution < 1.29 is 14.7 Å². The molecule has 2 N–H and O–H groups in total. The fourth-order valence-electron chi connectivity index (χ4n) is 1.55. The Morgan fingerprint density at radius 1 is 1.31 bits per heavy atom. The standard InChI is InChI=1S/C12H19NO3/c1-7(10-4-5-10)6-13-11(14)8(2)9(3)12(15)16/h7,10H,4-6H2,1-3H3,(H,13,14)(H,15,16). The maximum absolute atomic E-state index is 11.6. The van der Waals surface area contributed by atoms with Crippen LogP contribution in [0.2, 0.25) is 0 Å². The van der Waals surface area contributed by atoms with Crippen LogP contribution >= 0.6 is 0 Å². The third-order valence-corrected chi connectivity index (χ3v) is 3.24. The van der Waals surface area contributed by atoms with Crippen molar-refractivity contribution in [1.29, 1.82) is 0 Å². The van der Waals surface area contributed by atoms with Crippen LogP contribution in [0, 0.1) is 11.8 Å². The van der Waals surface area contributed by atoms with Crippen LogP contribution in [0.5, 0.6) is 0 Å². The molecule has 16 heavy (non-hydrogen) atoms. The molecule has 0 saturated heterocycles. The Balaban J connectivity index is 2.45. The quantitative estimate of drug-likeness (QED) is 0.698. The second-order valence-electron chi connectivity index (χ2n) is 4.58. The Morgan fingerprint density at radius 2 is 1.88 bits per heavy atom. The SMILES string of the molecule is CC(C(=O)O)=C(C)C(=O)NCC(C)C1CC1. The van der Waals surface area contributed by atoms with Crippen LogP contribution in [0.1, 0.15) is 33.6 Å². The van der Waals surface area contributed by atoms with Crippen LogP contribution in [0.15, 0.2) is 11.1 Å². The van der Waals surface area contributed by atoms with E-state index in [1.54, 1.807) is 6.92 Å². The van der Waals surface area contributed by atoms with Crippen LogP contribution in [0.4, 0.5) is 0 Å². The first-order valence-electron chi connectivity index (χ1n) is 5.62. The molecule has 1 rings (SSSR count). The van der Waals surface area contributed by atoms with Crippen molar-refractivity contribution in [3.8, 4) is 0 Å². The maximum atomic E-state index is 11.6. The van der Waals surface area contributed by atoms with E-state index in [9.17, 15) is 9.59 Å². The predicted molar refractivity (Wildman–Crippen MR) is 60.9 cm³/mol. The summed E-state index contributed by atoms with van der Waals surface area (Å²) in [6.07, 6.45) is 2.50. The molecule has 0 bridgehead atoms. The van der Waals surface area contributed by atoms with Crippen molar-refractivity contribution in [1.82, 2.24) is 5.32 Å². The summed E-state index contributed by atoms with van der Waals surface area (Å²) < 4.78 is 0. The van der Waals surface area contributed by atoms with Crippen molar-refractivity contribution in [2.45, 2.75) is 33.6 Å². The number of carboxylic acids is 1. The Bertz CT molecular complexity index is 329. The average molecular weight is 225 g/mol. The molecule has 1 atom stereocenters. The summed E-state index contributed by atoms with van der Waals surface area (Å²) in [7, 11) is 0. The molecule has 0 aromatic rings. The highest BCUT2D eigenvalue weighted by Gasteiger charge is 2.28. The highest BCUT2D eigenvalue weighted by Crippen LogP contribution is 2.36. The number of nitrogens with one attached hydrogen (secondary N) is 1. The van der Waals surface area contributed by atoms with Gasteiger partial charge < -0.3 is 10.4 Å². The third kappa shape index (κ3) is 3.36. The monoisotopic (exact) mass is 225 g/mol. The first kappa shape index (κ1) is 12.7. The van der Waals surface area contributed by atoms with Gasteiger partial charge in [-0.15, -0.1) is 0 Å². The van der Waals surface area contributed by atoms with Crippen LogP contribution < -0.4 is 5.32 Å². The molecule has 4 heteroatoms. The number of aliphatic carboxylic acids is 1. The lowest BCUT2D eigenvalue weighted by molar-refractivity contribution is -0.133. The Hall–Kier alpha value is -1.32. The third-order valence-electron chi connectivity index (χ3n) is 3.24. The van der Waals surface area contributed by atoms with Crippen LogP contribution in [-0.4, -0.2) is 23.5 Å². The van der Waals surface area contributed by atoms with Gasteiger partial charge in [0.1, 0.15) is 0 Å². The van der Waals surface area contributed by atoms with Crippen LogP contribution in [-0.2, 0) is 9.59 Å². The largest absolute Gasteiger partial charge is 0.478 e. The fourth-order valence-corrected chi connectivity index (χ4v) is 1.55. The zero-order chi connectivity index (χ0) is 12.3. The van der Waals surface area contributed by atoms with Gasteiger partial charge in [0.25, 0.3) is 0 Å². The molecular formula is C12H19NO3. The average Bonchev–Trinajstić information content (AvgIpc) is 3.06. The van der Waals surface area contributed by atoms with Gasteiger partial charge in [-0.3, -0.25) is 4.79 Å². The number of rotatable bonds is 5. The Kier molecular flexibility index (Phi) is 4.10. The topological polar surface area (TPSA) is 66.4 Å². The van der Waals surface area contributed by atoms with Crippen molar-refractivity contribution in [2.75, 3.05) is 6.54 Å². The van der Waals surface area contributed by atoms with Crippen molar-refractivity contribution in [3.05, 3.63) is 11.1 Å². The van der Waals surface area contributed by atoms with Gasteiger partial charge >= 0.3 is 5.97 Å². The molecule has 0 spiro atoms. The predicted octanol–water partition coefficient (Wildman–Crippen LogP) is 1.57. The Labute approximate surface area is 95.7 Å². The summed E-state index contributed by atoms with van der Waals surface area (Å²) >= 11 is 0. The molecule has 1 amide bonds. The Morgan fingerprint density at radius 3 is 2.31 bits per heavy atom. The van der Waals surface area contributed by atoms with E-state index in [0.717, 1.165) is 5.92 Å². The highest BCUT2D eigenvalue weighted by molar-refractivity contribution is 6.01. The minimum atomic E-state index is -1.04. The zero-order valence-electron chi connectivity index (χ0n) is 10.0. The van der Waals surface area contributed by atoms with E-state index < -0.39 is 5.97 Å². The minimum Gasteiger partial charge on any atom is -0.478 e. The van der Waals surface area contributed by atoms with E-state index in [1.807, 2.05) is 0 Å². The lowest BCUT2D eigenvalue weighted by Gasteiger charge is -2.12. The van der Waals surface area contributed by atoms with Gasteiger partial charge in [-0.25, -0.2) is 4.79 Å². The first-order chi connectivity index (χ1) is 7.43. The van der Waals surface area contributed by atoms with Gasteiger partial charge in [-0.1, -0.05) is 6.92 Å². The number of carboxylic acid groups (broad SMARTS) is 1. The number of carbonyl (C=O) groups excluding carboxylic acids is 1. The molecule has 0 heterocycles. The van der Waals surface area contributed by atoms with E-state index in [1.165, 1.54) is 19.8 Å². The van der Waals surface area contributed by atoms with Gasteiger partial charge in [-0.05, 0) is 38.5 Å². The summed E-state index contributed by atoms with van der Waals surface area (Å²) in [5, 5.41) is 11.5. The van der Waals surface area contributed by atoms with E-state index in [4.69, 9.17) is 5.11 Å². The molecule has 1 unspecified atom stereocenters. The van der Waals surface area contributed by atoms with Crippen molar-refractivity contribution in [3.63, 3.8) is 0 Å². The number of hydrogen-bond donors (Lipinski definition) is 2.